The Balaban J connectivity index is 1.34. The Hall–Kier alpha value is -4.41. The van der Waals surface area contributed by atoms with E-state index in [2.05, 4.69) is 49.1 Å². The van der Waals surface area contributed by atoms with Gasteiger partial charge in [0.25, 0.3) is 0 Å². The summed E-state index contributed by atoms with van der Waals surface area (Å²) in [7, 11) is 0. The molecular weight excluding hydrogens is 501 g/mol. The number of hydrogen-bond acceptors (Lipinski definition) is 7. The molecule has 1 unspecified atom stereocenters. The highest BCUT2D eigenvalue weighted by Crippen LogP contribution is 2.39. The summed E-state index contributed by atoms with van der Waals surface area (Å²) in [4.78, 5) is 29.9. The minimum atomic E-state index is -0.244. The predicted molar refractivity (Wildman–Crippen MR) is 146 cm³/mol. The molecule has 7 rings (SSSR count). The number of thiophene rings is 1. The molecule has 1 saturated heterocycles. The molecule has 1 amide bonds. The minimum Gasteiger partial charge on any atom is -0.365 e. The monoisotopic (exact) mass is 523 g/mol. The molecule has 0 aliphatic carbocycles. The van der Waals surface area contributed by atoms with Crippen LogP contribution in [-0.4, -0.2) is 32.0 Å². The van der Waals surface area contributed by atoms with E-state index in [1.807, 2.05) is 13.0 Å². The van der Waals surface area contributed by atoms with Gasteiger partial charge in [0, 0.05) is 46.9 Å². The van der Waals surface area contributed by atoms with Crippen LogP contribution in [0, 0.1) is 5.13 Å². The summed E-state index contributed by atoms with van der Waals surface area (Å²) >= 11 is 1.08. The van der Waals surface area contributed by atoms with Crippen molar-refractivity contribution in [2.24, 2.45) is 0 Å². The van der Waals surface area contributed by atoms with Gasteiger partial charge in [-0.1, -0.05) is 19.1 Å². The lowest BCUT2D eigenvalue weighted by atomic mass is 9.94. The van der Waals surface area contributed by atoms with E-state index in [0.717, 1.165) is 72.2 Å². The van der Waals surface area contributed by atoms with Crippen LogP contribution in [0.15, 0.2) is 66.9 Å². The molecule has 1 atom stereocenters. The van der Waals surface area contributed by atoms with Crippen molar-refractivity contribution in [1.29, 1.82) is 0 Å². The third-order valence-corrected chi connectivity index (χ3v) is 7.70. The summed E-state index contributed by atoms with van der Waals surface area (Å²) < 4.78 is 13.8. The van der Waals surface area contributed by atoms with Gasteiger partial charge in [-0.05, 0) is 41.0 Å². The maximum Gasteiger partial charge on any atom is 0.224 e. The average molecular weight is 524 g/mol. The fourth-order valence-electron chi connectivity index (χ4n) is 4.84. The summed E-state index contributed by atoms with van der Waals surface area (Å²) in [5.41, 5.74) is 9.13. The first-order chi connectivity index (χ1) is 18.6. The molecule has 0 spiro atoms. The fraction of sp³-hybridized carbons (Fsp3) is 0.143. The SMILES string of the molecule is CCC(=O)Nc1cncc(-c2ccc3c(c2)C(c2nc4c(-c5ccc(F)s5)cncc4[nH]2)=C2NC2NC3)c1. The summed E-state index contributed by atoms with van der Waals surface area (Å²) in [6, 6.07) is 11.5. The number of nitrogens with zero attached hydrogens (tertiary/aromatic N) is 3. The molecule has 38 heavy (non-hydrogen) atoms. The summed E-state index contributed by atoms with van der Waals surface area (Å²) in [6.45, 7) is 2.52. The highest BCUT2D eigenvalue weighted by molar-refractivity contribution is 7.14. The Morgan fingerprint density at radius 3 is 2.82 bits per heavy atom. The highest BCUT2D eigenvalue weighted by atomic mass is 32.1. The van der Waals surface area contributed by atoms with E-state index in [9.17, 15) is 9.18 Å². The van der Waals surface area contributed by atoms with Crippen molar-refractivity contribution in [3.8, 4) is 21.6 Å². The molecule has 4 N–H and O–H groups in total. The minimum absolute atomic E-state index is 0.0566. The Bertz CT molecular complexity index is 1770. The molecule has 1 fully saturated rings. The van der Waals surface area contributed by atoms with Crippen LogP contribution in [0.25, 0.3) is 38.2 Å². The van der Waals surface area contributed by atoms with Crippen molar-refractivity contribution < 1.29 is 9.18 Å². The molecule has 2 aliphatic heterocycles. The number of benzene rings is 1. The van der Waals surface area contributed by atoms with Crippen LogP contribution in [0.2, 0.25) is 0 Å². The molecule has 8 nitrogen and oxygen atoms in total. The Morgan fingerprint density at radius 1 is 1.08 bits per heavy atom. The number of pyridine rings is 2. The Labute approximate surface area is 221 Å². The maximum atomic E-state index is 13.8. The number of anilines is 1. The van der Waals surface area contributed by atoms with Gasteiger partial charge in [-0.25, -0.2) is 4.98 Å². The van der Waals surface area contributed by atoms with Crippen LogP contribution in [-0.2, 0) is 11.3 Å². The highest BCUT2D eigenvalue weighted by Gasteiger charge is 2.37. The summed E-state index contributed by atoms with van der Waals surface area (Å²) in [5, 5.41) is 9.60. The number of nitrogens with one attached hydrogen (secondary N) is 4. The van der Waals surface area contributed by atoms with E-state index >= 15 is 0 Å². The summed E-state index contributed by atoms with van der Waals surface area (Å²) in [6.07, 6.45) is 7.39. The van der Waals surface area contributed by atoms with E-state index < -0.39 is 0 Å². The molecule has 6 heterocycles. The molecule has 0 saturated carbocycles. The zero-order valence-corrected chi connectivity index (χ0v) is 21.1. The third-order valence-electron chi connectivity index (χ3n) is 6.80. The van der Waals surface area contributed by atoms with Crippen molar-refractivity contribution in [1.82, 2.24) is 30.6 Å². The third kappa shape index (κ3) is 3.94. The number of carbonyl (C=O) groups excluding carboxylic acids is 1. The van der Waals surface area contributed by atoms with Gasteiger partial charge in [-0.15, -0.1) is 11.3 Å². The van der Waals surface area contributed by atoms with Crippen LogP contribution in [0.4, 0.5) is 10.1 Å². The quantitative estimate of drug-likeness (QED) is 0.240. The van der Waals surface area contributed by atoms with Crippen molar-refractivity contribution >= 4 is 39.5 Å². The molecule has 188 valence electrons. The van der Waals surface area contributed by atoms with Crippen LogP contribution >= 0.6 is 11.3 Å². The van der Waals surface area contributed by atoms with Gasteiger partial charge in [-0.2, -0.15) is 4.39 Å². The zero-order valence-electron chi connectivity index (χ0n) is 20.3. The van der Waals surface area contributed by atoms with Gasteiger partial charge in [0.2, 0.25) is 5.91 Å². The number of imidazole rings is 1. The van der Waals surface area contributed by atoms with E-state index in [1.54, 1.807) is 30.9 Å². The first-order valence-electron chi connectivity index (χ1n) is 12.3. The van der Waals surface area contributed by atoms with Gasteiger partial charge in [0.1, 0.15) is 17.5 Å². The average Bonchev–Trinajstić information content (AvgIpc) is 3.38. The molecule has 10 heteroatoms. The Kier molecular flexibility index (Phi) is 5.31. The summed E-state index contributed by atoms with van der Waals surface area (Å²) in [5.74, 6) is 0.666. The fourth-order valence-corrected chi connectivity index (χ4v) is 5.59. The van der Waals surface area contributed by atoms with Gasteiger partial charge in [0.05, 0.1) is 29.3 Å². The van der Waals surface area contributed by atoms with E-state index in [0.29, 0.717) is 18.7 Å². The number of carbonyl (C=O) groups is 1. The lowest BCUT2D eigenvalue weighted by Crippen LogP contribution is -2.18. The van der Waals surface area contributed by atoms with Gasteiger partial charge in [-0.3, -0.25) is 20.1 Å². The van der Waals surface area contributed by atoms with Crippen LogP contribution in [0.5, 0.6) is 0 Å². The topological polar surface area (TPSA) is 118 Å². The smallest absolute Gasteiger partial charge is 0.224 e. The number of fused-ring (bicyclic) bond motifs is 3. The van der Waals surface area contributed by atoms with Gasteiger partial charge >= 0.3 is 0 Å². The second-order valence-electron chi connectivity index (χ2n) is 9.26. The van der Waals surface area contributed by atoms with Crippen LogP contribution in [0.3, 0.4) is 0 Å². The molecule has 2 aliphatic rings. The maximum absolute atomic E-state index is 13.8. The lowest BCUT2D eigenvalue weighted by Gasteiger charge is -2.13. The van der Waals surface area contributed by atoms with Crippen molar-refractivity contribution in [2.75, 3.05) is 5.32 Å². The molecular formula is C28H22FN7OS. The first kappa shape index (κ1) is 22.8. The molecule has 5 aromatic rings. The number of hydrogen-bond donors (Lipinski definition) is 4. The van der Waals surface area contributed by atoms with Crippen molar-refractivity contribution in [3.05, 3.63) is 89.0 Å². The largest absolute Gasteiger partial charge is 0.365 e. The van der Waals surface area contributed by atoms with Crippen molar-refractivity contribution in [3.63, 3.8) is 0 Å². The number of aromatic amines is 1. The molecule has 1 aromatic carbocycles. The molecule has 0 radical (unpaired) electrons. The number of halogens is 1. The number of amides is 1. The van der Waals surface area contributed by atoms with Gasteiger partial charge < -0.3 is 15.6 Å². The number of rotatable bonds is 5. The first-order valence-corrected chi connectivity index (χ1v) is 13.1. The molecule has 4 aromatic heterocycles. The van der Waals surface area contributed by atoms with E-state index in [1.165, 1.54) is 6.07 Å². The Morgan fingerprint density at radius 2 is 1.97 bits per heavy atom. The number of aromatic nitrogens is 4. The lowest BCUT2D eigenvalue weighted by molar-refractivity contribution is -0.115. The standard InChI is InChI=1S/C28H22FN7OS/c1-2-23(37)33-17-7-16(9-30-11-17)14-3-4-15-10-32-28-26(36-28)24(18(15)8-14)27-34-20-13-31-12-19(25(20)35-27)21-5-6-22(29)38-21/h3-9,11-13,28,32,36H,2,10H2,1H3,(H,33,37)(H,34,35). The second kappa shape index (κ2) is 8.86. The number of H-pyrrole nitrogens is 1. The zero-order chi connectivity index (χ0) is 25.8. The van der Waals surface area contributed by atoms with Crippen LogP contribution < -0.4 is 16.0 Å². The van der Waals surface area contributed by atoms with Crippen molar-refractivity contribution in [2.45, 2.75) is 26.1 Å². The van der Waals surface area contributed by atoms with Gasteiger partial charge in [0.15, 0.2) is 5.13 Å². The van der Waals surface area contributed by atoms with Crippen LogP contribution in [0.1, 0.15) is 30.3 Å². The second-order valence-corrected chi connectivity index (χ2v) is 10.3. The van der Waals surface area contributed by atoms with E-state index in [-0.39, 0.29) is 17.2 Å². The normalized spacial score (nSPS) is 16.0. The van der Waals surface area contributed by atoms with E-state index in [4.69, 9.17) is 4.98 Å². The predicted octanol–water partition coefficient (Wildman–Crippen LogP) is 5.03. The molecule has 0 bridgehead atoms.